The van der Waals surface area contributed by atoms with Crippen LogP contribution in [0.5, 0.6) is 0 Å². The molecule has 1 atom stereocenters. The van der Waals surface area contributed by atoms with Crippen molar-refractivity contribution < 1.29 is 27.5 Å². The molecule has 0 aliphatic heterocycles. The van der Waals surface area contributed by atoms with E-state index < -0.39 is 63.1 Å². The van der Waals surface area contributed by atoms with Crippen molar-refractivity contribution in [3.8, 4) is 0 Å². The number of carbonyl (C=O) groups is 1. The maximum absolute atomic E-state index is 14.3. The first kappa shape index (κ1) is 20.2. The summed E-state index contributed by atoms with van der Waals surface area (Å²) >= 11 is 5.82. The van der Waals surface area contributed by atoms with Crippen LogP contribution in [0.15, 0.2) is 24.3 Å². The summed E-state index contributed by atoms with van der Waals surface area (Å²) in [6.45, 7) is 4.19. The van der Waals surface area contributed by atoms with Gasteiger partial charge in [0.2, 0.25) is 0 Å². The van der Waals surface area contributed by atoms with Gasteiger partial charge in [-0.1, -0.05) is 37.6 Å². The Morgan fingerprint density at radius 1 is 1.08 bits per heavy atom. The molecule has 0 aliphatic carbocycles. The zero-order chi connectivity index (χ0) is 19.8. The van der Waals surface area contributed by atoms with Gasteiger partial charge in [-0.2, -0.15) is 0 Å². The summed E-state index contributed by atoms with van der Waals surface area (Å²) in [6, 6.07) is 5.18. The number of carboxylic acid groups (broad SMARTS) is 1. The molecule has 0 radical (unpaired) electrons. The van der Waals surface area contributed by atoms with Gasteiger partial charge in [0.05, 0.1) is 10.9 Å². The van der Waals surface area contributed by atoms with Crippen molar-refractivity contribution in [1.82, 2.24) is 0 Å². The van der Waals surface area contributed by atoms with E-state index in [1.165, 1.54) is 24.3 Å². The molecule has 0 amide bonds. The van der Waals surface area contributed by atoms with Gasteiger partial charge in [-0.15, -0.1) is 0 Å². The molecule has 0 aromatic heterocycles. The molecule has 1 N–H and O–H groups in total. The molecule has 2 aromatic rings. The summed E-state index contributed by atoms with van der Waals surface area (Å²) in [5.74, 6) is -6.93. The van der Waals surface area contributed by atoms with Crippen molar-refractivity contribution in [3.63, 3.8) is 0 Å². The highest BCUT2D eigenvalue weighted by atomic mass is 35.5. The molecule has 0 fully saturated rings. The Hall–Kier alpha value is -2.08. The van der Waals surface area contributed by atoms with Gasteiger partial charge in [-0.3, -0.25) is 4.79 Å². The first-order valence-corrected chi connectivity index (χ1v) is 8.16. The molecule has 2 rings (SSSR count). The molecule has 7 heteroatoms. The number of hydrogen-bond donors (Lipinski definition) is 1. The minimum Gasteiger partial charge on any atom is -0.481 e. The van der Waals surface area contributed by atoms with E-state index in [2.05, 4.69) is 0 Å². The molecule has 2 nitrogen and oxygen atoms in total. The lowest BCUT2D eigenvalue weighted by atomic mass is 9.71. The molecular weight excluding hydrogens is 372 g/mol. The summed E-state index contributed by atoms with van der Waals surface area (Å²) in [5, 5.41) is 9.00. The maximum atomic E-state index is 14.3. The smallest absolute Gasteiger partial charge is 0.307 e. The van der Waals surface area contributed by atoms with Gasteiger partial charge >= 0.3 is 5.97 Å². The van der Waals surface area contributed by atoms with E-state index in [0.717, 1.165) is 6.92 Å². The predicted octanol–water partition coefficient (Wildman–Crippen LogP) is 5.43. The Kier molecular flexibility index (Phi) is 5.66. The molecule has 0 saturated heterocycles. The summed E-state index contributed by atoms with van der Waals surface area (Å²) in [5.41, 5.74) is -1.71. The number of benzene rings is 2. The van der Waals surface area contributed by atoms with Crippen LogP contribution in [0.1, 0.15) is 30.5 Å². The largest absolute Gasteiger partial charge is 0.481 e. The minimum atomic E-state index is -1.40. The zero-order valence-electron chi connectivity index (χ0n) is 14.3. The summed E-state index contributed by atoms with van der Waals surface area (Å²) in [4.78, 5) is 11.8. The average Bonchev–Trinajstić information content (AvgIpc) is 2.58. The Morgan fingerprint density at radius 3 is 2.12 bits per heavy atom. The van der Waals surface area contributed by atoms with Crippen LogP contribution in [0.3, 0.4) is 0 Å². The van der Waals surface area contributed by atoms with E-state index in [0.29, 0.717) is 5.56 Å². The molecule has 0 bridgehead atoms. The number of rotatable bonds is 5. The third-order valence-electron chi connectivity index (χ3n) is 4.74. The van der Waals surface area contributed by atoms with E-state index in [1.807, 2.05) is 0 Å². The van der Waals surface area contributed by atoms with E-state index in [4.69, 9.17) is 11.6 Å². The second-order valence-electron chi connectivity index (χ2n) is 6.68. The minimum absolute atomic E-state index is 0.482. The van der Waals surface area contributed by atoms with Gasteiger partial charge in [0.25, 0.3) is 0 Å². The molecule has 26 heavy (non-hydrogen) atoms. The Morgan fingerprint density at radius 2 is 1.62 bits per heavy atom. The maximum Gasteiger partial charge on any atom is 0.307 e. The van der Waals surface area contributed by atoms with Gasteiger partial charge in [0.15, 0.2) is 11.6 Å². The first-order valence-electron chi connectivity index (χ1n) is 7.78. The fourth-order valence-corrected chi connectivity index (χ4v) is 3.20. The fraction of sp³-hybridized carbons (Fsp3) is 0.316. The van der Waals surface area contributed by atoms with Gasteiger partial charge in [-0.05, 0) is 31.0 Å². The van der Waals surface area contributed by atoms with Crippen LogP contribution in [-0.4, -0.2) is 11.1 Å². The Balaban J connectivity index is 2.54. The third-order valence-corrected chi connectivity index (χ3v) is 5.13. The molecule has 0 spiro atoms. The summed E-state index contributed by atoms with van der Waals surface area (Å²) in [7, 11) is 0. The number of halogens is 5. The summed E-state index contributed by atoms with van der Waals surface area (Å²) < 4.78 is 55.4. The van der Waals surface area contributed by atoms with Crippen molar-refractivity contribution in [1.29, 1.82) is 0 Å². The van der Waals surface area contributed by atoms with Crippen molar-refractivity contribution in [3.05, 3.63) is 69.2 Å². The van der Waals surface area contributed by atoms with Crippen LogP contribution < -0.4 is 0 Å². The lowest BCUT2D eigenvalue weighted by molar-refractivity contribution is -0.144. The highest BCUT2D eigenvalue weighted by Crippen LogP contribution is 2.38. The molecule has 1 unspecified atom stereocenters. The monoisotopic (exact) mass is 388 g/mol. The van der Waals surface area contributed by atoms with Crippen LogP contribution in [-0.2, 0) is 16.6 Å². The van der Waals surface area contributed by atoms with Crippen molar-refractivity contribution in [2.45, 2.75) is 32.6 Å². The molecule has 0 heterocycles. The molecule has 0 saturated carbocycles. The van der Waals surface area contributed by atoms with Crippen LogP contribution >= 0.6 is 11.6 Å². The lowest BCUT2D eigenvalue weighted by Gasteiger charge is -2.32. The van der Waals surface area contributed by atoms with E-state index in [9.17, 15) is 27.5 Å². The van der Waals surface area contributed by atoms with Gasteiger partial charge in [-0.25, -0.2) is 17.6 Å². The first-order chi connectivity index (χ1) is 12.0. The highest BCUT2D eigenvalue weighted by molar-refractivity contribution is 6.31. The van der Waals surface area contributed by atoms with Crippen LogP contribution in [0.2, 0.25) is 5.02 Å². The molecule has 0 aliphatic rings. The number of aliphatic carboxylic acids is 1. The third kappa shape index (κ3) is 3.56. The van der Waals surface area contributed by atoms with Crippen LogP contribution in [0.4, 0.5) is 17.6 Å². The number of carboxylic acids is 1. The standard InChI is InChI=1S/C19H17ClF4O2/c1-9-15(22)14(20)12(17(24)16(9)23)8-13(18(25)26)19(2,3)10-4-6-11(21)7-5-10/h4-7,13H,8H2,1-3H3,(H,25,26). The fourth-order valence-electron chi connectivity index (χ4n) is 2.90. The quantitative estimate of drug-likeness (QED) is 0.548. The SMILES string of the molecule is Cc1c(F)c(F)c(CC(C(=O)O)C(C)(C)c2ccc(F)cc2)c(Cl)c1F. The average molecular weight is 389 g/mol. The normalized spacial score (nSPS) is 12.9. The van der Waals surface area contributed by atoms with Gasteiger partial charge < -0.3 is 5.11 Å². The van der Waals surface area contributed by atoms with Crippen LogP contribution in [0, 0.1) is 36.1 Å². The topological polar surface area (TPSA) is 37.3 Å². The van der Waals surface area contributed by atoms with E-state index in [1.54, 1.807) is 13.8 Å². The number of hydrogen-bond acceptors (Lipinski definition) is 1. The highest BCUT2D eigenvalue weighted by Gasteiger charge is 2.38. The molecule has 140 valence electrons. The van der Waals surface area contributed by atoms with E-state index in [-0.39, 0.29) is 0 Å². The zero-order valence-corrected chi connectivity index (χ0v) is 15.1. The Labute approximate surface area is 153 Å². The van der Waals surface area contributed by atoms with Crippen molar-refractivity contribution in [2.24, 2.45) is 5.92 Å². The summed E-state index contributed by atoms with van der Waals surface area (Å²) in [6.07, 6.45) is -0.529. The lowest BCUT2D eigenvalue weighted by Crippen LogP contribution is -2.36. The van der Waals surface area contributed by atoms with Crippen LogP contribution in [0.25, 0.3) is 0 Å². The van der Waals surface area contributed by atoms with Crippen molar-refractivity contribution >= 4 is 17.6 Å². The van der Waals surface area contributed by atoms with E-state index >= 15 is 0 Å². The Bertz CT molecular complexity index is 819. The van der Waals surface area contributed by atoms with Gasteiger partial charge in [0.1, 0.15) is 11.6 Å². The molecular formula is C19H17ClF4O2. The predicted molar refractivity (Wildman–Crippen MR) is 90.3 cm³/mol. The molecule has 2 aromatic carbocycles. The second kappa shape index (κ2) is 7.27. The second-order valence-corrected chi connectivity index (χ2v) is 7.06. The van der Waals surface area contributed by atoms with Gasteiger partial charge in [0, 0.05) is 16.5 Å². The van der Waals surface area contributed by atoms with Crippen molar-refractivity contribution in [2.75, 3.05) is 0 Å².